The number of hydrogen-bond donors (Lipinski definition) is 0. The Kier molecular flexibility index (Phi) is 7.60. The molecule has 4 rings (SSSR count). The third kappa shape index (κ3) is 5.94. The summed E-state index contributed by atoms with van der Waals surface area (Å²) in [7, 11) is 1.36. The first-order chi connectivity index (χ1) is 16.9. The average Bonchev–Trinajstić information content (AvgIpc) is 3.44. The number of nitriles is 1. The molecule has 35 heavy (non-hydrogen) atoms. The zero-order chi connectivity index (χ0) is 24.8. The van der Waals surface area contributed by atoms with E-state index in [1.807, 2.05) is 57.2 Å². The zero-order valence-corrected chi connectivity index (χ0v) is 20.7. The molecule has 7 heteroatoms. The van der Waals surface area contributed by atoms with E-state index in [0.717, 1.165) is 29.7 Å². The number of rotatable bonds is 5. The molecule has 6 nitrogen and oxygen atoms in total. The number of nitrogens with zero attached hydrogens (tertiary/aromatic N) is 3. The van der Waals surface area contributed by atoms with Gasteiger partial charge in [0.1, 0.15) is 0 Å². The Balaban J connectivity index is 1.88. The van der Waals surface area contributed by atoms with Crippen LogP contribution < -0.4 is 0 Å². The first-order valence-corrected chi connectivity index (χ1v) is 12.2. The third-order valence-corrected chi connectivity index (χ3v) is 6.28. The molecule has 2 fully saturated rings. The fourth-order valence-corrected chi connectivity index (χ4v) is 4.85. The molecule has 0 radical (unpaired) electrons. The van der Waals surface area contributed by atoms with Crippen molar-refractivity contribution in [3.05, 3.63) is 83.6 Å². The Morgan fingerprint density at radius 1 is 1.09 bits per heavy atom. The zero-order valence-electron chi connectivity index (χ0n) is 20.7. The summed E-state index contributed by atoms with van der Waals surface area (Å²) < 4.78 is 11.0. The van der Waals surface area contributed by atoms with Crippen LogP contribution in [0.1, 0.15) is 63.6 Å². The minimum absolute atomic E-state index is 0.238. The van der Waals surface area contributed by atoms with Crippen LogP contribution in [0.5, 0.6) is 0 Å². The standard InChI is InChI=1S/C28H32BN3O3/c1-28(2,3)35-27(33)32-24(18-21-12-10-11-13-21)25(23-16-8-5-9-17-23)31(26(32)29-34-20-30)19-22-14-6-4-7-15-22/h4-9,14-18,21,25H,10-13,19H2,1-3H3/b24-18-. The summed E-state index contributed by atoms with van der Waals surface area (Å²) in [6, 6.07) is 20.0. The van der Waals surface area contributed by atoms with Crippen LogP contribution >= 0.6 is 0 Å². The number of allylic oxidation sites excluding steroid dienone is 1. The van der Waals surface area contributed by atoms with Gasteiger partial charge in [-0.15, -0.1) is 0 Å². The van der Waals surface area contributed by atoms with Crippen molar-refractivity contribution in [3.63, 3.8) is 0 Å². The van der Waals surface area contributed by atoms with Gasteiger partial charge in [0.2, 0.25) is 0 Å². The maximum atomic E-state index is 13.7. The molecular weight excluding hydrogens is 437 g/mol. The van der Waals surface area contributed by atoms with E-state index in [2.05, 4.69) is 35.2 Å². The molecule has 1 unspecified atom stereocenters. The average molecular weight is 469 g/mol. The van der Waals surface area contributed by atoms with Crippen molar-refractivity contribution in [2.24, 2.45) is 5.92 Å². The van der Waals surface area contributed by atoms with Gasteiger partial charge < -0.3 is 0 Å². The van der Waals surface area contributed by atoms with Crippen molar-refractivity contribution in [1.29, 1.82) is 5.26 Å². The Hall–Kier alpha value is -3.53. The van der Waals surface area contributed by atoms with E-state index < -0.39 is 11.7 Å². The molecule has 1 saturated heterocycles. The molecule has 1 amide bonds. The fraction of sp³-hybridized carbons (Fsp3) is 0.393. The summed E-state index contributed by atoms with van der Waals surface area (Å²) in [5.74, 6) is 0.385. The predicted octanol–water partition coefficient (Wildman–Crippen LogP) is 5.76. The molecule has 2 aliphatic rings. The van der Waals surface area contributed by atoms with E-state index in [-0.39, 0.29) is 6.04 Å². The number of carbonyl (C=O) groups excluding carboxylic acids is 1. The van der Waals surface area contributed by atoms with Gasteiger partial charge >= 0.3 is 209 Å². The van der Waals surface area contributed by atoms with Crippen LogP contribution in [0, 0.1) is 17.4 Å². The van der Waals surface area contributed by atoms with Gasteiger partial charge in [-0.25, -0.2) is 0 Å². The van der Waals surface area contributed by atoms with Crippen LogP contribution in [0.2, 0.25) is 0 Å². The van der Waals surface area contributed by atoms with E-state index in [1.54, 1.807) is 11.2 Å². The SMILES string of the molecule is CC(C)(C)OC(=O)N1C(=BOC#N)N(Cc2ccccc2)C(c2ccccc2)/C1=C/C1CCCC1. The van der Waals surface area contributed by atoms with Gasteiger partial charge in [-0.3, -0.25) is 0 Å². The number of hydrogen-bond acceptors (Lipinski definition) is 5. The summed E-state index contributed by atoms with van der Waals surface area (Å²) in [6.45, 7) is 6.09. The quantitative estimate of drug-likeness (QED) is 0.412. The molecule has 1 aliphatic carbocycles. The summed E-state index contributed by atoms with van der Waals surface area (Å²) in [5, 5.41) is 9.21. The normalized spacial score (nSPS) is 20.7. The summed E-state index contributed by atoms with van der Waals surface area (Å²) >= 11 is 0. The minimum atomic E-state index is -0.675. The topological polar surface area (TPSA) is 65.8 Å². The van der Waals surface area contributed by atoms with E-state index >= 15 is 0 Å². The molecule has 1 saturated carbocycles. The molecular formula is C28H32BN3O3. The molecule has 0 spiro atoms. The number of benzene rings is 2. The van der Waals surface area contributed by atoms with Crippen LogP contribution in [0.25, 0.3) is 0 Å². The van der Waals surface area contributed by atoms with Crippen molar-refractivity contribution in [3.8, 4) is 6.26 Å². The van der Waals surface area contributed by atoms with Crippen LogP contribution in [-0.4, -0.2) is 34.3 Å². The van der Waals surface area contributed by atoms with Crippen molar-refractivity contribution >= 4 is 18.9 Å². The molecule has 180 valence electrons. The molecule has 0 bridgehead atoms. The molecule has 2 aromatic rings. The molecule has 0 aromatic heterocycles. The van der Waals surface area contributed by atoms with Gasteiger partial charge in [0.05, 0.1) is 0 Å². The van der Waals surface area contributed by atoms with Crippen molar-refractivity contribution in [2.75, 3.05) is 0 Å². The molecule has 1 heterocycles. The summed E-state index contributed by atoms with van der Waals surface area (Å²) in [5.41, 5.74) is 2.80. The van der Waals surface area contributed by atoms with Crippen molar-refractivity contribution < 1.29 is 14.2 Å². The Morgan fingerprint density at radius 3 is 2.31 bits per heavy atom. The molecule has 1 aliphatic heterocycles. The van der Waals surface area contributed by atoms with E-state index in [0.29, 0.717) is 18.2 Å². The van der Waals surface area contributed by atoms with Crippen molar-refractivity contribution in [2.45, 2.75) is 64.6 Å². The second-order valence-electron chi connectivity index (χ2n) is 10.1. The monoisotopic (exact) mass is 469 g/mol. The van der Waals surface area contributed by atoms with Gasteiger partial charge in [0, 0.05) is 0 Å². The third-order valence-electron chi connectivity index (χ3n) is 6.28. The summed E-state index contributed by atoms with van der Waals surface area (Å²) in [4.78, 5) is 17.4. The fourth-order valence-electron chi connectivity index (χ4n) is 4.85. The first-order valence-electron chi connectivity index (χ1n) is 12.2. The van der Waals surface area contributed by atoms with Crippen LogP contribution in [-0.2, 0) is 15.9 Å². The predicted molar refractivity (Wildman–Crippen MR) is 137 cm³/mol. The summed E-state index contributed by atoms with van der Waals surface area (Å²) in [6.07, 6.45) is 8.05. The Labute approximate surface area is 208 Å². The van der Waals surface area contributed by atoms with Crippen LogP contribution in [0.4, 0.5) is 4.79 Å². The second-order valence-corrected chi connectivity index (χ2v) is 10.1. The number of ether oxygens (including phenoxy) is 1. The van der Waals surface area contributed by atoms with Crippen LogP contribution in [0.3, 0.4) is 0 Å². The molecule has 2 aromatic carbocycles. The first kappa shape index (κ1) is 24.6. The van der Waals surface area contributed by atoms with Gasteiger partial charge in [-0.2, -0.15) is 0 Å². The Bertz CT molecular complexity index is 1110. The number of carbonyl (C=O) groups is 1. The van der Waals surface area contributed by atoms with E-state index in [9.17, 15) is 10.1 Å². The van der Waals surface area contributed by atoms with Gasteiger partial charge in [-0.1, -0.05) is 0 Å². The number of amides is 1. The van der Waals surface area contributed by atoms with Gasteiger partial charge in [0.25, 0.3) is 0 Å². The van der Waals surface area contributed by atoms with Gasteiger partial charge in [-0.05, 0) is 0 Å². The van der Waals surface area contributed by atoms with Crippen LogP contribution in [0.15, 0.2) is 72.4 Å². The molecule has 1 atom stereocenters. The Morgan fingerprint density at radius 2 is 1.71 bits per heavy atom. The second kappa shape index (κ2) is 10.8. The van der Waals surface area contributed by atoms with Gasteiger partial charge in [0.15, 0.2) is 0 Å². The maximum absolute atomic E-state index is 13.7. The molecule has 0 N–H and O–H groups in total. The van der Waals surface area contributed by atoms with E-state index in [1.165, 1.54) is 20.0 Å². The van der Waals surface area contributed by atoms with E-state index in [4.69, 9.17) is 9.39 Å². The van der Waals surface area contributed by atoms with Crippen molar-refractivity contribution in [1.82, 2.24) is 9.80 Å².